The molecule has 0 radical (unpaired) electrons. The Morgan fingerprint density at radius 2 is 1.93 bits per heavy atom. The summed E-state index contributed by atoms with van der Waals surface area (Å²) in [5.74, 6) is -0.00668. The molecule has 0 bridgehead atoms. The van der Waals surface area contributed by atoms with E-state index in [9.17, 15) is 4.79 Å². The van der Waals surface area contributed by atoms with Crippen LogP contribution in [0.2, 0.25) is 0 Å². The zero-order valence-corrected chi connectivity index (χ0v) is 8.77. The average Bonchev–Trinajstić information content (AvgIpc) is 2.62. The zero-order chi connectivity index (χ0) is 10.8. The number of benzene rings is 1. The summed E-state index contributed by atoms with van der Waals surface area (Å²) in [5.41, 5.74) is 2.45. The summed E-state index contributed by atoms with van der Waals surface area (Å²) in [5, 5.41) is 4.25. The number of aryl methyl sites for hydroxylation is 1. The minimum Gasteiger partial charge on any atom is -0.293 e. The number of nitrogens with zero attached hydrogens (tertiary/aromatic N) is 2. The first kappa shape index (κ1) is 9.65. The maximum Gasteiger partial charge on any atom is 0.180 e. The van der Waals surface area contributed by atoms with E-state index in [2.05, 4.69) is 5.10 Å². The summed E-state index contributed by atoms with van der Waals surface area (Å²) in [6.07, 6.45) is 0. The second-order valence-corrected chi connectivity index (χ2v) is 3.47. The van der Waals surface area contributed by atoms with Crippen molar-refractivity contribution in [3.8, 4) is 5.69 Å². The van der Waals surface area contributed by atoms with Gasteiger partial charge in [-0.05, 0) is 25.1 Å². The van der Waals surface area contributed by atoms with Crippen LogP contribution in [0.25, 0.3) is 5.69 Å². The molecule has 0 atom stereocenters. The quantitative estimate of drug-likeness (QED) is 0.697. The third-order valence-corrected chi connectivity index (χ3v) is 2.25. The maximum absolute atomic E-state index is 11.2. The van der Waals surface area contributed by atoms with E-state index < -0.39 is 0 Å². The first-order valence-electron chi connectivity index (χ1n) is 4.81. The lowest BCUT2D eigenvalue weighted by atomic mass is 10.3. The number of hydrogen-bond donors (Lipinski definition) is 0. The smallest absolute Gasteiger partial charge is 0.180 e. The number of rotatable bonds is 2. The van der Waals surface area contributed by atoms with Gasteiger partial charge in [-0.2, -0.15) is 5.10 Å². The van der Waals surface area contributed by atoms with Crippen molar-refractivity contribution < 1.29 is 4.79 Å². The number of para-hydroxylation sites is 1. The van der Waals surface area contributed by atoms with Gasteiger partial charge in [-0.3, -0.25) is 4.79 Å². The molecular formula is C12H12N2O. The first-order chi connectivity index (χ1) is 7.18. The zero-order valence-electron chi connectivity index (χ0n) is 8.77. The van der Waals surface area contributed by atoms with Crippen LogP contribution in [-0.2, 0) is 0 Å². The Balaban J connectivity index is 2.50. The normalized spacial score (nSPS) is 10.3. The molecule has 0 N–H and O–H groups in total. The molecule has 0 amide bonds. The van der Waals surface area contributed by atoms with E-state index in [1.54, 1.807) is 10.7 Å². The summed E-state index contributed by atoms with van der Waals surface area (Å²) in [7, 11) is 0. The van der Waals surface area contributed by atoms with Crippen LogP contribution in [0.5, 0.6) is 0 Å². The van der Waals surface area contributed by atoms with E-state index >= 15 is 0 Å². The molecule has 1 aromatic heterocycles. The first-order valence-corrected chi connectivity index (χ1v) is 4.81. The molecule has 76 valence electrons. The van der Waals surface area contributed by atoms with Crippen LogP contribution < -0.4 is 0 Å². The number of carbonyl (C=O) groups is 1. The van der Waals surface area contributed by atoms with Gasteiger partial charge in [-0.25, -0.2) is 4.68 Å². The van der Waals surface area contributed by atoms with Crippen molar-refractivity contribution in [3.63, 3.8) is 0 Å². The van der Waals surface area contributed by atoms with Crippen molar-refractivity contribution in [2.75, 3.05) is 0 Å². The third-order valence-electron chi connectivity index (χ3n) is 2.25. The van der Waals surface area contributed by atoms with E-state index in [0.29, 0.717) is 5.69 Å². The van der Waals surface area contributed by atoms with Crippen LogP contribution in [0.4, 0.5) is 0 Å². The van der Waals surface area contributed by atoms with Crippen molar-refractivity contribution in [1.29, 1.82) is 0 Å². The third kappa shape index (κ3) is 1.81. The van der Waals surface area contributed by atoms with Crippen LogP contribution in [0.15, 0.2) is 36.4 Å². The van der Waals surface area contributed by atoms with Crippen molar-refractivity contribution in [3.05, 3.63) is 47.8 Å². The summed E-state index contributed by atoms with van der Waals surface area (Å²) in [6, 6.07) is 11.6. The number of aromatic nitrogens is 2. The SMILES string of the molecule is CC(=O)c1cc(C)n(-c2ccccc2)n1. The van der Waals surface area contributed by atoms with Gasteiger partial charge in [0.05, 0.1) is 5.69 Å². The molecule has 2 rings (SSSR count). The summed E-state index contributed by atoms with van der Waals surface area (Å²) in [4.78, 5) is 11.2. The predicted molar refractivity (Wildman–Crippen MR) is 58.3 cm³/mol. The Bertz CT molecular complexity index is 486. The molecule has 1 aromatic carbocycles. The fourth-order valence-corrected chi connectivity index (χ4v) is 1.48. The second-order valence-electron chi connectivity index (χ2n) is 3.47. The van der Waals surface area contributed by atoms with Crippen LogP contribution in [0, 0.1) is 6.92 Å². The molecule has 0 unspecified atom stereocenters. The van der Waals surface area contributed by atoms with Crippen molar-refractivity contribution in [1.82, 2.24) is 9.78 Å². The van der Waals surface area contributed by atoms with Gasteiger partial charge in [0.15, 0.2) is 5.78 Å². The van der Waals surface area contributed by atoms with Crippen molar-refractivity contribution in [2.45, 2.75) is 13.8 Å². The summed E-state index contributed by atoms with van der Waals surface area (Å²) in [6.45, 7) is 3.46. The number of hydrogen-bond acceptors (Lipinski definition) is 2. The van der Waals surface area contributed by atoms with Gasteiger partial charge in [0.2, 0.25) is 0 Å². The van der Waals surface area contributed by atoms with Gasteiger partial charge < -0.3 is 0 Å². The molecule has 0 aliphatic carbocycles. The highest BCUT2D eigenvalue weighted by molar-refractivity contribution is 5.92. The van der Waals surface area contributed by atoms with E-state index in [4.69, 9.17) is 0 Å². The van der Waals surface area contributed by atoms with Gasteiger partial charge >= 0.3 is 0 Å². The molecule has 0 saturated carbocycles. The topological polar surface area (TPSA) is 34.9 Å². The molecule has 0 spiro atoms. The van der Waals surface area contributed by atoms with E-state index in [1.165, 1.54) is 6.92 Å². The van der Waals surface area contributed by atoms with Gasteiger partial charge in [-0.15, -0.1) is 0 Å². The number of Topliss-reactive ketones (excluding diaryl/α,β-unsaturated/α-hetero) is 1. The largest absolute Gasteiger partial charge is 0.293 e. The van der Waals surface area contributed by atoms with Crippen molar-refractivity contribution >= 4 is 5.78 Å². The lowest BCUT2D eigenvalue weighted by Gasteiger charge is -2.02. The molecule has 0 aliphatic rings. The molecule has 15 heavy (non-hydrogen) atoms. The Labute approximate surface area is 88.4 Å². The molecule has 0 aliphatic heterocycles. The van der Waals surface area contributed by atoms with E-state index in [1.807, 2.05) is 37.3 Å². The van der Waals surface area contributed by atoms with Crippen LogP contribution in [-0.4, -0.2) is 15.6 Å². The Morgan fingerprint density at radius 3 is 2.47 bits per heavy atom. The summed E-state index contributed by atoms with van der Waals surface area (Å²) < 4.78 is 1.77. The molecule has 3 heteroatoms. The van der Waals surface area contributed by atoms with E-state index in [0.717, 1.165) is 11.4 Å². The molecule has 0 fully saturated rings. The van der Waals surface area contributed by atoms with Gasteiger partial charge in [0.1, 0.15) is 5.69 Å². The fourth-order valence-electron chi connectivity index (χ4n) is 1.48. The monoisotopic (exact) mass is 200 g/mol. The van der Waals surface area contributed by atoms with E-state index in [-0.39, 0.29) is 5.78 Å². The van der Waals surface area contributed by atoms with Crippen LogP contribution in [0.1, 0.15) is 23.1 Å². The Hall–Kier alpha value is -1.90. The molecule has 3 nitrogen and oxygen atoms in total. The number of ketones is 1. The molecular weight excluding hydrogens is 188 g/mol. The minimum absolute atomic E-state index is 0.00668. The maximum atomic E-state index is 11.2. The highest BCUT2D eigenvalue weighted by Gasteiger charge is 2.08. The fraction of sp³-hybridized carbons (Fsp3) is 0.167. The summed E-state index contributed by atoms with van der Waals surface area (Å²) >= 11 is 0. The van der Waals surface area contributed by atoms with Crippen molar-refractivity contribution in [2.24, 2.45) is 0 Å². The van der Waals surface area contributed by atoms with Gasteiger partial charge in [0, 0.05) is 12.6 Å². The molecule has 1 heterocycles. The Morgan fingerprint density at radius 1 is 1.27 bits per heavy atom. The van der Waals surface area contributed by atoms with Gasteiger partial charge in [0.25, 0.3) is 0 Å². The molecule has 0 saturated heterocycles. The lowest BCUT2D eigenvalue weighted by molar-refractivity contribution is 0.101. The Kier molecular flexibility index (Phi) is 2.37. The predicted octanol–water partition coefficient (Wildman–Crippen LogP) is 2.38. The van der Waals surface area contributed by atoms with Crippen LogP contribution in [0.3, 0.4) is 0 Å². The minimum atomic E-state index is -0.00668. The highest BCUT2D eigenvalue weighted by atomic mass is 16.1. The van der Waals surface area contributed by atoms with Gasteiger partial charge in [-0.1, -0.05) is 18.2 Å². The average molecular weight is 200 g/mol. The number of carbonyl (C=O) groups excluding carboxylic acids is 1. The highest BCUT2D eigenvalue weighted by Crippen LogP contribution is 2.11. The lowest BCUT2D eigenvalue weighted by Crippen LogP contribution is -2.00. The standard InChI is InChI=1S/C12H12N2O/c1-9-8-12(10(2)15)13-14(9)11-6-4-3-5-7-11/h3-8H,1-2H3. The molecule has 2 aromatic rings. The van der Waals surface area contributed by atoms with Crippen LogP contribution >= 0.6 is 0 Å². The second kappa shape index (κ2) is 3.69.